The summed E-state index contributed by atoms with van der Waals surface area (Å²) in [7, 11) is 0.832. The van der Waals surface area contributed by atoms with Crippen molar-refractivity contribution in [2.24, 2.45) is 0 Å². The second kappa shape index (κ2) is 7.63. The summed E-state index contributed by atoms with van der Waals surface area (Å²) in [6.07, 6.45) is 3.23. The lowest BCUT2D eigenvalue weighted by molar-refractivity contribution is 0.192. The Balaban J connectivity index is 1.89. The fraction of sp³-hybridized carbons (Fsp3) is 0.562. The molecule has 0 radical (unpaired) electrons. The highest BCUT2D eigenvalue weighted by atomic mass is 32.2. The highest BCUT2D eigenvalue weighted by Gasteiger charge is 2.22. The van der Waals surface area contributed by atoms with Crippen LogP contribution in [0.4, 0.5) is 4.79 Å². The molecule has 122 valence electrons. The molecule has 2 rings (SSSR count). The van der Waals surface area contributed by atoms with Crippen LogP contribution in [0.15, 0.2) is 18.2 Å². The van der Waals surface area contributed by atoms with Crippen LogP contribution in [-0.4, -0.2) is 46.8 Å². The van der Waals surface area contributed by atoms with Crippen molar-refractivity contribution >= 4 is 16.8 Å². The molecule has 5 nitrogen and oxygen atoms in total. The van der Waals surface area contributed by atoms with Gasteiger partial charge in [0.15, 0.2) is 0 Å². The van der Waals surface area contributed by atoms with Crippen molar-refractivity contribution in [3.63, 3.8) is 0 Å². The van der Waals surface area contributed by atoms with Crippen molar-refractivity contribution < 1.29 is 13.7 Å². The monoisotopic (exact) mass is 324 g/mol. The number of methoxy groups -OCH3 is 1. The van der Waals surface area contributed by atoms with E-state index in [1.165, 1.54) is 5.56 Å². The van der Waals surface area contributed by atoms with Crippen molar-refractivity contribution in [1.82, 2.24) is 10.2 Å². The summed E-state index contributed by atoms with van der Waals surface area (Å²) in [5.41, 5.74) is 2.34. The molecule has 1 N–H and O–H groups in total. The molecule has 0 saturated carbocycles. The zero-order chi connectivity index (χ0) is 16.1. The molecule has 1 aliphatic heterocycles. The minimum Gasteiger partial charge on any atom is -0.496 e. The number of rotatable bonds is 5. The van der Waals surface area contributed by atoms with E-state index in [0.29, 0.717) is 19.6 Å². The van der Waals surface area contributed by atoms with Gasteiger partial charge >= 0.3 is 6.03 Å². The van der Waals surface area contributed by atoms with E-state index in [1.807, 2.05) is 30.0 Å². The molecule has 1 aromatic carbocycles. The van der Waals surface area contributed by atoms with Crippen molar-refractivity contribution in [2.45, 2.75) is 31.6 Å². The molecule has 2 atom stereocenters. The second-order valence-corrected chi connectivity index (χ2v) is 7.40. The van der Waals surface area contributed by atoms with Gasteiger partial charge in [-0.3, -0.25) is 4.21 Å². The number of amides is 2. The fourth-order valence-electron chi connectivity index (χ4n) is 2.60. The van der Waals surface area contributed by atoms with E-state index in [0.717, 1.165) is 24.2 Å². The Kier molecular flexibility index (Phi) is 5.83. The quantitative estimate of drug-likeness (QED) is 0.900. The third-order valence-electron chi connectivity index (χ3n) is 4.12. The van der Waals surface area contributed by atoms with Crippen LogP contribution in [0.1, 0.15) is 24.5 Å². The Hall–Kier alpha value is -1.56. The molecule has 0 bridgehead atoms. The molecule has 6 heteroatoms. The van der Waals surface area contributed by atoms with Crippen LogP contribution in [0.2, 0.25) is 0 Å². The Bertz CT molecular complexity index is 562. The molecule has 0 fully saturated rings. The lowest BCUT2D eigenvalue weighted by Crippen LogP contribution is -2.43. The van der Waals surface area contributed by atoms with Crippen molar-refractivity contribution in [3.05, 3.63) is 29.3 Å². The van der Waals surface area contributed by atoms with Gasteiger partial charge in [0.05, 0.1) is 7.11 Å². The first kappa shape index (κ1) is 16.8. The SMILES string of the molecule is COc1cccc2c1CCN(C(=O)NCC[C@@H](C)[S@](C)=O)C2. The summed E-state index contributed by atoms with van der Waals surface area (Å²) in [4.78, 5) is 14.0. The van der Waals surface area contributed by atoms with Crippen LogP contribution in [0.25, 0.3) is 0 Å². The van der Waals surface area contributed by atoms with Gasteiger partial charge in [-0.25, -0.2) is 4.79 Å². The Morgan fingerprint density at radius 3 is 2.95 bits per heavy atom. The summed E-state index contributed by atoms with van der Waals surface area (Å²) in [5, 5.41) is 3.02. The van der Waals surface area contributed by atoms with Crippen molar-refractivity contribution in [1.29, 1.82) is 0 Å². The number of fused-ring (bicyclic) bond motifs is 1. The van der Waals surface area contributed by atoms with E-state index >= 15 is 0 Å². The lowest BCUT2D eigenvalue weighted by atomic mass is 9.99. The van der Waals surface area contributed by atoms with Gasteiger partial charge in [-0.1, -0.05) is 19.1 Å². The summed E-state index contributed by atoms with van der Waals surface area (Å²) in [6.45, 7) is 3.79. The molecule has 22 heavy (non-hydrogen) atoms. The minimum absolute atomic E-state index is 0.0532. The Labute approximate surface area is 134 Å². The number of ether oxygens (including phenoxy) is 1. The van der Waals surface area contributed by atoms with E-state index in [4.69, 9.17) is 4.74 Å². The van der Waals surface area contributed by atoms with Gasteiger partial charge in [0.2, 0.25) is 0 Å². The Morgan fingerprint density at radius 1 is 1.50 bits per heavy atom. The third-order valence-corrected chi connectivity index (χ3v) is 5.49. The molecule has 1 heterocycles. The molecule has 2 amide bonds. The molecular formula is C16H24N2O3S. The number of nitrogens with one attached hydrogen (secondary N) is 1. The first-order valence-corrected chi connectivity index (χ1v) is 9.14. The summed E-state index contributed by atoms with van der Waals surface area (Å²) in [6, 6.07) is 5.90. The van der Waals surface area contributed by atoms with Gasteiger partial charge < -0.3 is 15.0 Å². The molecule has 0 unspecified atom stereocenters. The highest BCUT2D eigenvalue weighted by molar-refractivity contribution is 7.84. The normalized spacial score (nSPS) is 16.6. The largest absolute Gasteiger partial charge is 0.496 e. The average Bonchev–Trinajstić information content (AvgIpc) is 2.53. The van der Waals surface area contributed by atoms with Gasteiger partial charge in [-0.2, -0.15) is 0 Å². The van der Waals surface area contributed by atoms with E-state index < -0.39 is 10.8 Å². The number of carbonyl (C=O) groups excluding carboxylic acids is 1. The van der Waals surface area contributed by atoms with Crippen LogP contribution in [0.5, 0.6) is 5.75 Å². The maximum Gasteiger partial charge on any atom is 0.317 e. The van der Waals surface area contributed by atoms with Gasteiger partial charge in [-0.05, 0) is 24.5 Å². The van der Waals surface area contributed by atoms with Crippen LogP contribution >= 0.6 is 0 Å². The van der Waals surface area contributed by atoms with E-state index in [9.17, 15) is 9.00 Å². The average molecular weight is 324 g/mol. The maximum atomic E-state index is 12.2. The summed E-state index contributed by atoms with van der Waals surface area (Å²) in [5.74, 6) is 0.900. The zero-order valence-corrected chi connectivity index (χ0v) is 14.2. The number of hydrogen-bond donors (Lipinski definition) is 1. The van der Waals surface area contributed by atoms with Crippen LogP contribution in [0, 0.1) is 0 Å². The van der Waals surface area contributed by atoms with Gasteiger partial charge in [0, 0.05) is 47.5 Å². The molecule has 0 saturated heterocycles. The van der Waals surface area contributed by atoms with Crippen LogP contribution in [-0.2, 0) is 23.8 Å². The van der Waals surface area contributed by atoms with Gasteiger partial charge in [0.1, 0.15) is 5.75 Å². The Morgan fingerprint density at radius 2 is 2.27 bits per heavy atom. The molecule has 0 aromatic heterocycles. The first-order valence-electron chi connectivity index (χ1n) is 7.52. The lowest BCUT2D eigenvalue weighted by Gasteiger charge is -2.30. The summed E-state index contributed by atoms with van der Waals surface area (Å²) >= 11 is 0. The fourth-order valence-corrected chi connectivity index (χ4v) is 3.05. The van der Waals surface area contributed by atoms with Gasteiger partial charge in [0.25, 0.3) is 0 Å². The van der Waals surface area contributed by atoms with E-state index in [1.54, 1.807) is 13.4 Å². The molecular weight excluding hydrogens is 300 g/mol. The molecule has 0 aliphatic carbocycles. The first-order chi connectivity index (χ1) is 10.5. The van der Waals surface area contributed by atoms with Crippen molar-refractivity contribution in [3.8, 4) is 5.75 Å². The number of hydrogen-bond acceptors (Lipinski definition) is 3. The zero-order valence-electron chi connectivity index (χ0n) is 13.4. The standard InChI is InChI=1S/C16H24N2O3S/c1-12(22(3)20)7-9-17-16(19)18-10-8-14-13(11-18)5-4-6-15(14)21-2/h4-6,12H,7-11H2,1-3H3,(H,17,19)/t12-,22+/m1/s1. The molecule has 0 spiro atoms. The minimum atomic E-state index is -0.842. The maximum absolute atomic E-state index is 12.2. The number of benzene rings is 1. The van der Waals surface area contributed by atoms with Crippen LogP contribution in [0.3, 0.4) is 0 Å². The second-order valence-electron chi connectivity index (χ2n) is 5.60. The predicted octanol–water partition coefficient (Wildman–Crippen LogP) is 1.92. The number of nitrogens with zero attached hydrogens (tertiary/aromatic N) is 1. The molecule has 1 aliphatic rings. The summed E-state index contributed by atoms with van der Waals surface area (Å²) < 4.78 is 16.7. The topological polar surface area (TPSA) is 58.6 Å². The van der Waals surface area contributed by atoms with Crippen molar-refractivity contribution in [2.75, 3.05) is 26.5 Å². The smallest absolute Gasteiger partial charge is 0.317 e. The van der Waals surface area contributed by atoms with E-state index in [-0.39, 0.29) is 11.3 Å². The highest BCUT2D eigenvalue weighted by Crippen LogP contribution is 2.27. The molecule has 1 aromatic rings. The van der Waals surface area contributed by atoms with Gasteiger partial charge in [-0.15, -0.1) is 0 Å². The van der Waals surface area contributed by atoms with Crippen LogP contribution < -0.4 is 10.1 Å². The van der Waals surface area contributed by atoms with E-state index in [2.05, 4.69) is 5.32 Å². The predicted molar refractivity (Wildman–Crippen MR) is 88.7 cm³/mol. The number of urea groups is 1. The number of carbonyl (C=O) groups is 1. The third kappa shape index (κ3) is 4.00.